The maximum atomic E-state index is 5.79. The zero-order chi connectivity index (χ0) is 20.9. The van der Waals surface area contributed by atoms with Gasteiger partial charge in [0.05, 0.1) is 14.2 Å². The number of aromatic nitrogens is 1. The highest BCUT2D eigenvalue weighted by Crippen LogP contribution is 2.40. The predicted molar refractivity (Wildman–Crippen MR) is 123 cm³/mol. The molecule has 0 saturated carbocycles. The van der Waals surface area contributed by atoms with Crippen molar-refractivity contribution in [2.45, 2.75) is 18.9 Å². The fourth-order valence-corrected chi connectivity index (χ4v) is 4.11. The Hall–Kier alpha value is -3.24. The molecule has 3 aromatic carbocycles. The molecule has 0 radical (unpaired) electrons. The van der Waals surface area contributed by atoms with E-state index in [-0.39, 0.29) is 12.0 Å². The summed E-state index contributed by atoms with van der Waals surface area (Å²) >= 11 is 0. The second kappa shape index (κ2) is 9.06. The van der Waals surface area contributed by atoms with Crippen molar-refractivity contribution in [3.8, 4) is 11.5 Å². The van der Waals surface area contributed by atoms with E-state index >= 15 is 0 Å². The highest BCUT2D eigenvalue weighted by Gasteiger charge is 2.24. The lowest BCUT2D eigenvalue weighted by molar-refractivity contribution is 0.350. The van der Waals surface area contributed by atoms with Crippen molar-refractivity contribution in [1.82, 2.24) is 10.3 Å². The van der Waals surface area contributed by atoms with Gasteiger partial charge in [0.25, 0.3) is 0 Å². The Morgan fingerprint density at radius 3 is 2.37 bits per heavy atom. The molecule has 0 aliphatic heterocycles. The maximum Gasteiger partial charge on any atom is 0.164 e. The van der Waals surface area contributed by atoms with Crippen molar-refractivity contribution in [2.75, 3.05) is 20.8 Å². The van der Waals surface area contributed by atoms with Gasteiger partial charge in [0.1, 0.15) is 0 Å². The first-order valence-corrected chi connectivity index (χ1v) is 10.3. The van der Waals surface area contributed by atoms with Crippen molar-refractivity contribution in [3.63, 3.8) is 0 Å². The molecule has 2 N–H and O–H groups in total. The van der Waals surface area contributed by atoms with Gasteiger partial charge in [0.15, 0.2) is 11.5 Å². The number of methoxy groups -OCH3 is 2. The third-order valence-electron chi connectivity index (χ3n) is 5.73. The van der Waals surface area contributed by atoms with Crippen LogP contribution in [-0.4, -0.2) is 25.7 Å². The van der Waals surface area contributed by atoms with E-state index in [1.165, 1.54) is 16.5 Å². The van der Waals surface area contributed by atoms with Crippen LogP contribution >= 0.6 is 0 Å². The van der Waals surface area contributed by atoms with Gasteiger partial charge in [-0.05, 0) is 30.2 Å². The predicted octanol–water partition coefficient (Wildman–Crippen LogP) is 5.67. The van der Waals surface area contributed by atoms with Crippen molar-refractivity contribution >= 4 is 10.9 Å². The summed E-state index contributed by atoms with van der Waals surface area (Å²) in [7, 11) is 3.38. The van der Waals surface area contributed by atoms with Crippen LogP contribution in [0.15, 0.2) is 79.0 Å². The third kappa shape index (κ3) is 3.91. The number of aromatic amines is 1. The molecule has 30 heavy (non-hydrogen) atoms. The van der Waals surface area contributed by atoms with Gasteiger partial charge >= 0.3 is 0 Å². The van der Waals surface area contributed by atoms with Gasteiger partial charge in [-0.15, -0.1) is 0 Å². The van der Waals surface area contributed by atoms with E-state index in [0.29, 0.717) is 0 Å². The first-order chi connectivity index (χ1) is 14.7. The number of hydrogen-bond acceptors (Lipinski definition) is 3. The number of para-hydroxylation sites is 2. The van der Waals surface area contributed by atoms with Gasteiger partial charge in [-0.25, -0.2) is 0 Å². The summed E-state index contributed by atoms with van der Waals surface area (Å²) in [5.74, 6) is 1.62. The minimum atomic E-state index is 0.0948. The Morgan fingerprint density at radius 2 is 1.60 bits per heavy atom. The van der Waals surface area contributed by atoms with Crippen LogP contribution < -0.4 is 14.8 Å². The molecule has 0 spiro atoms. The van der Waals surface area contributed by atoms with E-state index in [1.807, 2.05) is 18.2 Å². The van der Waals surface area contributed by atoms with E-state index in [0.717, 1.165) is 29.1 Å². The Kier molecular flexibility index (Phi) is 6.05. The first kappa shape index (κ1) is 20.0. The smallest absolute Gasteiger partial charge is 0.164 e. The molecule has 1 aromatic heterocycles. The molecule has 0 aliphatic carbocycles. The van der Waals surface area contributed by atoms with Crippen molar-refractivity contribution < 1.29 is 9.47 Å². The zero-order valence-electron chi connectivity index (χ0n) is 17.7. The second-order valence-corrected chi connectivity index (χ2v) is 7.47. The normalized spacial score (nSPS) is 13.2. The summed E-state index contributed by atoms with van der Waals surface area (Å²) in [5, 5.41) is 4.95. The summed E-state index contributed by atoms with van der Waals surface area (Å²) in [5.41, 5.74) is 4.75. The molecule has 2 atom stereocenters. The molecule has 0 aliphatic rings. The van der Waals surface area contributed by atoms with Crippen LogP contribution in [0.3, 0.4) is 0 Å². The fraction of sp³-hybridized carbons (Fsp3) is 0.231. The molecule has 4 rings (SSSR count). The second-order valence-electron chi connectivity index (χ2n) is 7.47. The van der Waals surface area contributed by atoms with Gasteiger partial charge < -0.3 is 19.8 Å². The maximum absolute atomic E-state index is 5.79. The summed E-state index contributed by atoms with van der Waals surface area (Å²) in [6.07, 6.45) is 2.11. The lowest BCUT2D eigenvalue weighted by Gasteiger charge is -2.24. The summed E-state index contributed by atoms with van der Waals surface area (Å²) < 4.78 is 11.4. The van der Waals surface area contributed by atoms with Crippen LogP contribution in [0.4, 0.5) is 0 Å². The number of ether oxygens (including phenoxy) is 2. The standard InChI is InChI=1S/C26H28N2O2/c1-18(19-10-5-4-6-11-19)27-16-23(21-13-9-15-25(29-2)26(21)30-3)22-17-28-24-14-8-7-12-20(22)24/h4-15,17-18,23,27-28H,16H2,1-3H3/t18-,23-/m0/s1. The molecule has 0 amide bonds. The van der Waals surface area contributed by atoms with Gasteiger partial charge in [0, 0.05) is 41.2 Å². The molecule has 1 heterocycles. The SMILES string of the molecule is COc1cccc([C@H](CN[C@@H](C)c2ccccc2)c2c[nH]c3ccccc23)c1OC. The van der Waals surface area contributed by atoms with Crippen LogP contribution in [0.1, 0.15) is 35.6 Å². The number of hydrogen-bond donors (Lipinski definition) is 2. The molecule has 4 heteroatoms. The molecule has 0 unspecified atom stereocenters. The number of fused-ring (bicyclic) bond motifs is 1. The molecule has 4 nitrogen and oxygen atoms in total. The third-order valence-corrected chi connectivity index (χ3v) is 5.73. The average molecular weight is 401 g/mol. The highest BCUT2D eigenvalue weighted by molar-refractivity contribution is 5.84. The average Bonchev–Trinajstić information content (AvgIpc) is 3.23. The molecule has 0 fully saturated rings. The molecule has 4 aromatic rings. The van der Waals surface area contributed by atoms with Crippen molar-refractivity contribution in [1.29, 1.82) is 0 Å². The molecular formula is C26H28N2O2. The van der Waals surface area contributed by atoms with Crippen LogP contribution in [0.5, 0.6) is 11.5 Å². The number of rotatable bonds is 8. The summed E-state index contributed by atoms with van der Waals surface area (Å²) in [6.45, 7) is 2.96. The van der Waals surface area contributed by atoms with Crippen LogP contribution in [0.2, 0.25) is 0 Å². The van der Waals surface area contributed by atoms with Crippen molar-refractivity contribution in [2.24, 2.45) is 0 Å². The van der Waals surface area contributed by atoms with E-state index in [1.54, 1.807) is 14.2 Å². The molecule has 0 saturated heterocycles. The lowest BCUT2D eigenvalue weighted by Crippen LogP contribution is -2.25. The summed E-state index contributed by atoms with van der Waals surface area (Å²) in [6, 6.07) is 25.3. The van der Waals surface area contributed by atoms with Crippen LogP contribution in [0.25, 0.3) is 10.9 Å². The van der Waals surface area contributed by atoms with E-state index < -0.39 is 0 Å². The van der Waals surface area contributed by atoms with E-state index in [9.17, 15) is 0 Å². The fourth-order valence-electron chi connectivity index (χ4n) is 4.11. The Morgan fingerprint density at radius 1 is 0.833 bits per heavy atom. The van der Waals surface area contributed by atoms with Gasteiger partial charge in [0.2, 0.25) is 0 Å². The Labute approximate surface area is 177 Å². The zero-order valence-corrected chi connectivity index (χ0v) is 17.7. The van der Waals surface area contributed by atoms with Crippen LogP contribution in [-0.2, 0) is 0 Å². The highest BCUT2D eigenvalue weighted by atomic mass is 16.5. The number of H-pyrrole nitrogens is 1. The molecular weight excluding hydrogens is 372 g/mol. The van der Waals surface area contributed by atoms with Crippen LogP contribution in [0, 0.1) is 0 Å². The molecule has 0 bridgehead atoms. The van der Waals surface area contributed by atoms with E-state index in [4.69, 9.17) is 9.47 Å². The van der Waals surface area contributed by atoms with Gasteiger partial charge in [-0.1, -0.05) is 60.7 Å². The largest absolute Gasteiger partial charge is 0.493 e. The topological polar surface area (TPSA) is 46.3 Å². The summed E-state index contributed by atoms with van der Waals surface area (Å²) in [4.78, 5) is 3.42. The number of benzene rings is 3. The first-order valence-electron chi connectivity index (χ1n) is 10.3. The van der Waals surface area contributed by atoms with Gasteiger partial charge in [-0.2, -0.15) is 0 Å². The molecule has 154 valence electrons. The Bertz CT molecular complexity index is 1100. The van der Waals surface area contributed by atoms with Gasteiger partial charge in [-0.3, -0.25) is 0 Å². The van der Waals surface area contributed by atoms with E-state index in [2.05, 4.69) is 78.0 Å². The lowest BCUT2D eigenvalue weighted by atomic mass is 9.89. The monoisotopic (exact) mass is 400 g/mol. The number of nitrogens with one attached hydrogen (secondary N) is 2. The van der Waals surface area contributed by atoms with Crippen molar-refractivity contribution in [3.05, 3.63) is 95.7 Å². The quantitative estimate of drug-likeness (QED) is 0.401. The Balaban J connectivity index is 1.74. The minimum Gasteiger partial charge on any atom is -0.493 e. The minimum absolute atomic E-state index is 0.0948.